The molecule has 0 spiro atoms. The maximum atomic E-state index is 11.3. The minimum atomic E-state index is -3.63. The van der Waals surface area contributed by atoms with Gasteiger partial charge in [0.05, 0.1) is 11.7 Å². The minimum absolute atomic E-state index is 0.175. The Morgan fingerprint density at radius 2 is 2.05 bits per heavy atom. The van der Waals surface area contributed by atoms with Crippen LogP contribution in [0.5, 0.6) is 0 Å². The number of hydrogen-bond donors (Lipinski definition) is 1. The number of rotatable bonds is 2. The quantitative estimate of drug-likeness (QED) is 0.784. The Kier molecular flexibility index (Phi) is 2.70. The van der Waals surface area contributed by atoms with Crippen molar-refractivity contribution in [3.05, 3.63) is 36.5 Å². The molecule has 2 heterocycles. The first-order valence-corrected chi connectivity index (χ1v) is 7.86. The molecule has 0 aliphatic rings. The molecule has 5 nitrogen and oxygen atoms in total. The van der Waals surface area contributed by atoms with E-state index >= 15 is 0 Å². The summed E-state index contributed by atoms with van der Waals surface area (Å²) in [6.45, 7) is 0. The number of benzene rings is 1. The summed E-state index contributed by atoms with van der Waals surface area (Å²) in [6.07, 6.45) is 1.78. The molecular weight excluding hydrogens is 282 g/mol. The van der Waals surface area contributed by atoms with Crippen molar-refractivity contribution in [2.24, 2.45) is 12.2 Å². The van der Waals surface area contributed by atoms with E-state index in [-0.39, 0.29) is 4.21 Å². The summed E-state index contributed by atoms with van der Waals surface area (Å²) < 4.78 is 24.5. The first-order valence-electron chi connectivity index (χ1n) is 5.50. The van der Waals surface area contributed by atoms with Crippen molar-refractivity contribution in [1.29, 1.82) is 0 Å². The molecule has 3 rings (SSSR count). The molecule has 3 aromatic rings. The molecule has 2 aromatic heterocycles. The Bertz CT molecular complexity index is 862. The number of sulfonamides is 1. The Balaban J connectivity index is 2.11. The van der Waals surface area contributed by atoms with Crippen molar-refractivity contribution in [3.8, 4) is 10.4 Å². The van der Waals surface area contributed by atoms with Gasteiger partial charge in [-0.2, -0.15) is 5.10 Å². The Hall–Kier alpha value is -1.70. The highest BCUT2D eigenvalue weighted by molar-refractivity contribution is 7.91. The summed E-state index contributed by atoms with van der Waals surface area (Å²) in [5, 5.41) is 10.3. The van der Waals surface area contributed by atoms with Crippen LogP contribution in [0.3, 0.4) is 0 Å². The standard InChI is InChI=1S/C12H11N3O2S2/c1-15-10-3-2-8(6-9(10)7-14-15)11-4-5-12(18-11)19(13,16)17/h2-7H,1H3,(H2,13,16,17). The fourth-order valence-corrected chi connectivity index (χ4v) is 3.67. The van der Waals surface area contributed by atoms with Gasteiger partial charge in [0.15, 0.2) is 0 Å². The van der Waals surface area contributed by atoms with Gasteiger partial charge in [-0.1, -0.05) is 6.07 Å². The fourth-order valence-electron chi connectivity index (χ4n) is 1.95. The van der Waals surface area contributed by atoms with Crippen molar-refractivity contribution >= 4 is 32.3 Å². The van der Waals surface area contributed by atoms with Gasteiger partial charge in [-0.3, -0.25) is 4.68 Å². The van der Waals surface area contributed by atoms with Crippen LogP contribution < -0.4 is 5.14 Å². The molecular formula is C12H11N3O2S2. The number of hydrogen-bond acceptors (Lipinski definition) is 4. The zero-order valence-electron chi connectivity index (χ0n) is 10.1. The topological polar surface area (TPSA) is 78.0 Å². The van der Waals surface area contributed by atoms with Crippen LogP contribution in [0, 0.1) is 0 Å². The van der Waals surface area contributed by atoms with Crippen molar-refractivity contribution in [3.63, 3.8) is 0 Å². The summed E-state index contributed by atoms with van der Waals surface area (Å²) in [5.74, 6) is 0. The van der Waals surface area contributed by atoms with Crippen LogP contribution >= 0.6 is 11.3 Å². The van der Waals surface area contributed by atoms with E-state index in [1.54, 1.807) is 16.9 Å². The lowest BCUT2D eigenvalue weighted by Gasteiger charge is -1.99. The van der Waals surface area contributed by atoms with Crippen LogP contribution in [0.15, 0.2) is 40.7 Å². The molecule has 0 saturated heterocycles. The molecule has 0 aliphatic carbocycles. The lowest BCUT2D eigenvalue weighted by molar-refractivity contribution is 0.600. The molecule has 7 heteroatoms. The highest BCUT2D eigenvalue weighted by Gasteiger charge is 2.12. The summed E-state index contributed by atoms with van der Waals surface area (Å²) in [7, 11) is -1.75. The second-order valence-corrected chi connectivity index (χ2v) is 7.08. The lowest BCUT2D eigenvalue weighted by atomic mass is 10.1. The molecule has 0 radical (unpaired) electrons. The van der Waals surface area contributed by atoms with Gasteiger partial charge in [0, 0.05) is 17.3 Å². The Morgan fingerprint density at radius 1 is 1.26 bits per heavy atom. The molecule has 1 aromatic carbocycles. The summed E-state index contributed by atoms with van der Waals surface area (Å²) in [5.41, 5.74) is 1.99. The van der Waals surface area contributed by atoms with Crippen molar-refractivity contribution in [1.82, 2.24) is 9.78 Å². The zero-order chi connectivity index (χ0) is 13.6. The van der Waals surface area contributed by atoms with E-state index in [4.69, 9.17) is 5.14 Å². The first-order chi connectivity index (χ1) is 8.95. The van der Waals surface area contributed by atoms with Gasteiger partial charge < -0.3 is 0 Å². The Labute approximate surface area is 114 Å². The van der Waals surface area contributed by atoms with Crippen molar-refractivity contribution in [2.45, 2.75) is 4.21 Å². The number of nitrogens with two attached hydrogens (primary N) is 1. The molecule has 0 aliphatic heterocycles. The van der Waals surface area contributed by atoms with Gasteiger partial charge in [0.2, 0.25) is 10.0 Å². The second kappa shape index (κ2) is 4.16. The number of aromatic nitrogens is 2. The van der Waals surface area contributed by atoms with E-state index in [1.807, 2.05) is 25.2 Å². The van der Waals surface area contributed by atoms with Gasteiger partial charge in [-0.15, -0.1) is 11.3 Å². The largest absolute Gasteiger partial charge is 0.268 e. The van der Waals surface area contributed by atoms with E-state index < -0.39 is 10.0 Å². The van der Waals surface area contributed by atoms with Crippen LogP contribution in [0.2, 0.25) is 0 Å². The van der Waals surface area contributed by atoms with E-state index in [2.05, 4.69) is 5.10 Å². The van der Waals surface area contributed by atoms with E-state index in [1.165, 1.54) is 17.4 Å². The molecule has 0 fully saturated rings. The first kappa shape index (κ1) is 12.3. The predicted molar refractivity (Wildman–Crippen MR) is 75.4 cm³/mol. The lowest BCUT2D eigenvalue weighted by Crippen LogP contribution is -2.09. The van der Waals surface area contributed by atoms with Crippen molar-refractivity contribution < 1.29 is 8.42 Å². The molecule has 98 valence electrons. The molecule has 0 atom stereocenters. The van der Waals surface area contributed by atoms with Crippen LogP contribution in [0.1, 0.15) is 0 Å². The molecule has 0 bridgehead atoms. The average molecular weight is 293 g/mol. The van der Waals surface area contributed by atoms with E-state index in [0.29, 0.717) is 0 Å². The number of thiophene rings is 1. The van der Waals surface area contributed by atoms with E-state index in [9.17, 15) is 8.42 Å². The molecule has 2 N–H and O–H groups in total. The SMILES string of the molecule is Cn1ncc2cc(-c3ccc(S(N)(=O)=O)s3)ccc21. The summed E-state index contributed by atoms with van der Waals surface area (Å²) in [6, 6.07) is 9.20. The van der Waals surface area contributed by atoms with Gasteiger partial charge in [-0.25, -0.2) is 13.6 Å². The summed E-state index contributed by atoms with van der Waals surface area (Å²) >= 11 is 1.17. The highest BCUT2D eigenvalue weighted by Crippen LogP contribution is 2.31. The third-order valence-corrected chi connectivity index (χ3v) is 5.47. The minimum Gasteiger partial charge on any atom is -0.268 e. The van der Waals surface area contributed by atoms with Crippen LogP contribution in [0.25, 0.3) is 21.3 Å². The number of aryl methyl sites for hydroxylation is 1. The fraction of sp³-hybridized carbons (Fsp3) is 0.0833. The second-order valence-electron chi connectivity index (χ2n) is 4.21. The van der Waals surface area contributed by atoms with Crippen LogP contribution in [-0.4, -0.2) is 18.2 Å². The normalized spacial score (nSPS) is 12.1. The molecule has 0 saturated carbocycles. The van der Waals surface area contributed by atoms with Gasteiger partial charge >= 0.3 is 0 Å². The van der Waals surface area contributed by atoms with Gasteiger partial charge in [0.25, 0.3) is 0 Å². The highest BCUT2D eigenvalue weighted by atomic mass is 32.2. The van der Waals surface area contributed by atoms with Gasteiger partial charge in [-0.05, 0) is 29.8 Å². The summed E-state index contributed by atoms with van der Waals surface area (Å²) in [4.78, 5) is 0.870. The third-order valence-electron chi connectivity index (χ3n) is 2.89. The maximum Gasteiger partial charge on any atom is 0.247 e. The Morgan fingerprint density at radius 3 is 2.74 bits per heavy atom. The zero-order valence-corrected chi connectivity index (χ0v) is 11.7. The number of primary sulfonamides is 1. The molecule has 0 amide bonds. The molecule has 19 heavy (non-hydrogen) atoms. The van der Waals surface area contributed by atoms with Crippen LogP contribution in [-0.2, 0) is 17.1 Å². The maximum absolute atomic E-state index is 11.3. The number of nitrogens with zero attached hydrogens (tertiary/aromatic N) is 2. The smallest absolute Gasteiger partial charge is 0.247 e. The molecule has 0 unspecified atom stereocenters. The number of fused-ring (bicyclic) bond motifs is 1. The van der Waals surface area contributed by atoms with Crippen LogP contribution in [0.4, 0.5) is 0 Å². The van der Waals surface area contributed by atoms with E-state index in [0.717, 1.165) is 21.3 Å². The monoisotopic (exact) mass is 293 g/mol. The van der Waals surface area contributed by atoms with Crippen molar-refractivity contribution in [2.75, 3.05) is 0 Å². The third kappa shape index (κ3) is 2.16. The predicted octanol–water partition coefficient (Wildman–Crippen LogP) is 1.95. The van der Waals surface area contributed by atoms with Gasteiger partial charge in [0.1, 0.15) is 4.21 Å². The average Bonchev–Trinajstić information content (AvgIpc) is 2.95.